The van der Waals surface area contributed by atoms with Crippen molar-refractivity contribution in [2.75, 3.05) is 26.2 Å². The number of rotatable bonds is 2. The Morgan fingerprint density at radius 3 is 3.05 bits per heavy atom. The molecule has 1 fully saturated rings. The number of hydrogen-bond acceptors (Lipinski definition) is 4. The Balaban J connectivity index is 1.68. The van der Waals surface area contributed by atoms with E-state index in [0.29, 0.717) is 13.2 Å². The lowest BCUT2D eigenvalue weighted by molar-refractivity contribution is -0.124. The largest absolute Gasteiger partial charge is 0.493 e. The number of nitrogens with one attached hydrogen (secondary N) is 3. The molecule has 0 saturated carbocycles. The van der Waals surface area contributed by atoms with Crippen molar-refractivity contribution in [3.63, 3.8) is 0 Å². The first-order valence-electron chi connectivity index (χ1n) is 6.81. The highest BCUT2D eigenvalue weighted by atomic mass is 16.5. The van der Waals surface area contributed by atoms with Gasteiger partial charge >= 0.3 is 0 Å². The van der Waals surface area contributed by atoms with Crippen LogP contribution in [-0.4, -0.2) is 38.2 Å². The van der Waals surface area contributed by atoms with E-state index in [9.17, 15) is 4.79 Å². The monoisotopic (exact) mass is 261 g/mol. The average Bonchev–Trinajstić information content (AvgIpc) is 2.48. The van der Waals surface area contributed by atoms with Crippen LogP contribution in [0.25, 0.3) is 0 Å². The van der Waals surface area contributed by atoms with Gasteiger partial charge in [0, 0.05) is 31.6 Å². The molecule has 2 unspecified atom stereocenters. The number of carbonyl (C=O) groups excluding carboxylic acids is 1. The molecule has 2 heterocycles. The zero-order chi connectivity index (χ0) is 13.1. The van der Waals surface area contributed by atoms with Crippen LogP contribution in [0.1, 0.15) is 18.0 Å². The van der Waals surface area contributed by atoms with Crippen LogP contribution in [0, 0.1) is 0 Å². The molecular weight excluding hydrogens is 242 g/mol. The lowest BCUT2D eigenvalue weighted by Gasteiger charge is -2.30. The minimum Gasteiger partial charge on any atom is -0.493 e. The van der Waals surface area contributed by atoms with Crippen LogP contribution in [0.4, 0.5) is 0 Å². The van der Waals surface area contributed by atoms with E-state index in [1.165, 1.54) is 0 Å². The zero-order valence-corrected chi connectivity index (χ0v) is 10.8. The lowest BCUT2D eigenvalue weighted by Crippen LogP contribution is -2.56. The lowest BCUT2D eigenvalue weighted by atomic mass is 10.00. The number of benzene rings is 1. The summed E-state index contributed by atoms with van der Waals surface area (Å²) in [5.41, 5.74) is 1.07. The van der Waals surface area contributed by atoms with Crippen molar-refractivity contribution >= 4 is 5.91 Å². The smallest absolute Gasteiger partial charge is 0.238 e. The summed E-state index contributed by atoms with van der Waals surface area (Å²) in [6.07, 6.45) is 0.822. The summed E-state index contributed by atoms with van der Waals surface area (Å²) in [4.78, 5) is 12.2. The molecule has 2 aliphatic rings. The fraction of sp³-hybridized carbons (Fsp3) is 0.500. The van der Waals surface area contributed by atoms with Crippen LogP contribution < -0.4 is 20.7 Å². The van der Waals surface area contributed by atoms with E-state index < -0.39 is 0 Å². The summed E-state index contributed by atoms with van der Waals surface area (Å²) >= 11 is 0. The average molecular weight is 261 g/mol. The second-order valence-corrected chi connectivity index (χ2v) is 4.95. The zero-order valence-electron chi connectivity index (χ0n) is 10.8. The first-order chi connectivity index (χ1) is 9.34. The molecule has 0 spiro atoms. The molecule has 5 heteroatoms. The van der Waals surface area contributed by atoms with E-state index in [4.69, 9.17) is 4.74 Å². The summed E-state index contributed by atoms with van der Waals surface area (Å²) in [6, 6.07) is 7.83. The van der Waals surface area contributed by atoms with Gasteiger partial charge in [-0.15, -0.1) is 0 Å². The van der Waals surface area contributed by atoms with Crippen LogP contribution in [0.5, 0.6) is 5.75 Å². The van der Waals surface area contributed by atoms with E-state index in [1.807, 2.05) is 24.3 Å². The number of piperazine rings is 1. The van der Waals surface area contributed by atoms with Gasteiger partial charge in [-0.05, 0) is 6.07 Å². The molecule has 0 radical (unpaired) electrons. The topological polar surface area (TPSA) is 62.4 Å². The van der Waals surface area contributed by atoms with Gasteiger partial charge in [-0.3, -0.25) is 4.79 Å². The SMILES string of the molecule is O=C(NC1CCOc2ccccc21)C1CNCCN1. The molecule has 2 atom stereocenters. The molecule has 2 aliphatic heterocycles. The first-order valence-corrected chi connectivity index (χ1v) is 6.81. The van der Waals surface area contributed by atoms with Gasteiger partial charge in [0.15, 0.2) is 0 Å². The maximum Gasteiger partial charge on any atom is 0.238 e. The molecule has 0 aromatic heterocycles. The van der Waals surface area contributed by atoms with E-state index in [1.54, 1.807) is 0 Å². The molecule has 5 nitrogen and oxygen atoms in total. The van der Waals surface area contributed by atoms with Crippen molar-refractivity contribution in [2.24, 2.45) is 0 Å². The molecule has 0 aliphatic carbocycles. The maximum absolute atomic E-state index is 12.2. The van der Waals surface area contributed by atoms with Crippen molar-refractivity contribution in [1.29, 1.82) is 0 Å². The molecule has 1 amide bonds. The van der Waals surface area contributed by atoms with Crippen LogP contribution in [0.2, 0.25) is 0 Å². The summed E-state index contributed by atoms with van der Waals surface area (Å²) < 4.78 is 5.60. The fourth-order valence-electron chi connectivity index (χ4n) is 2.60. The standard InChI is InChI=1S/C14H19N3O2/c18-14(12-9-15-6-7-16-12)17-11-5-8-19-13-4-2-1-3-10(11)13/h1-4,11-12,15-16H,5-9H2,(H,17,18). The number of amides is 1. The van der Waals surface area contributed by atoms with Crippen LogP contribution in [0.3, 0.4) is 0 Å². The second kappa shape index (κ2) is 5.59. The first kappa shape index (κ1) is 12.4. The van der Waals surface area contributed by atoms with Gasteiger partial charge < -0.3 is 20.7 Å². The third kappa shape index (κ3) is 2.72. The number of ether oxygens (including phenoxy) is 1. The van der Waals surface area contributed by atoms with Crippen LogP contribution in [0.15, 0.2) is 24.3 Å². The third-order valence-corrected chi connectivity index (χ3v) is 3.63. The number of hydrogen-bond donors (Lipinski definition) is 3. The number of para-hydroxylation sites is 1. The van der Waals surface area contributed by atoms with Gasteiger partial charge in [-0.2, -0.15) is 0 Å². The Kier molecular flexibility index (Phi) is 3.66. The van der Waals surface area contributed by atoms with Gasteiger partial charge in [0.05, 0.1) is 18.7 Å². The molecule has 1 aromatic rings. The number of fused-ring (bicyclic) bond motifs is 1. The van der Waals surface area contributed by atoms with Gasteiger partial charge in [0.25, 0.3) is 0 Å². The Hall–Kier alpha value is -1.59. The van der Waals surface area contributed by atoms with E-state index >= 15 is 0 Å². The molecular formula is C14H19N3O2. The molecule has 102 valence electrons. The molecule has 3 N–H and O–H groups in total. The van der Waals surface area contributed by atoms with Gasteiger partial charge in [0.1, 0.15) is 5.75 Å². The predicted molar refractivity (Wildman–Crippen MR) is 72.1 cm³/mol. The fourth-order valence-corrected chi connectivity index (χ4v) is 2.60. The Morgan fingerprint density at radius 1 is 1.32 bits per heavy atom. The minimum absolute atomic E-state index is 0.0566. The highest BCUT2D eigenvalue weighted by molar-refractivity contribution is 5.82. The van der Waals surface area contributed by atoms with Gasteiger partial charge in [0.2, 0.25) is 5.91 Å². The van der Waals surface area contributed by atoms with Crippen molar-refractivity contribution in [3.8, 4) is 5.75 Å². The van der Waals surface area contributed by atoms with Crippen molar-refractivity contribution < 1.29 is 9.53 Å². The summed E-state index contributed by atoms with van der Waals surface area (Å²) in [5, 5.41) is 9.57. The normalized spacial score (nSPS) is 26.1. The van der Waals surface area contributed by atoms with E-state index in [0.717, 1.165) is 30.8 Å². The second-order valence-electron chi connectivity index (χ2n) is 4.95. The molecule has 1 saturated heterocycles. The maximum atomic E-state index is 12.2. The highest BCUT2D eigenvalue weighted by Gasteiger charge is 2.26. The summed E-state index contributed by atoms with van der Waals surface area (Å²) in [6.45, 7) is 3.10. The van der Waals surface area contributed by atoms with Crippen molar-refractivity contribution in [2.45, 2.75) is 18.5 Å². The number of carbonyl (C=O) groups is 1. The van der Waals surface area contributed by atoms with Gasteiger partial charge in [-0.1, -0.05) is 18.2 Å². The predicted octanol–water partition coefficient (Wildman–Crippen LogP) is 0.188. The molecule has 0 bridgehead atoms. The van der Waals surface area contributed by atoms with Crippen LogP contribution in [-0.2, 0) is 4.79 Å². The molecule has 3 rings (SSSR count). The minimum atomic E-state index is -0.135. The van der Waals surface area contributed by atoms with Gasteiger partial charge in [-0.25, -0.2) is 0 Å². The summed E-state index contributed by atoms with van der Waals surface area (Å²) in [5.74, 6) is 0.947. The quantitative estimate of drug-likeness (QED) is 0.711. The molecule has 19 heavy (non-hydrogen) atoms. The van der Waals surface area contributed by atoms with E-state index in [2.05, 4.69) is 16.0 Å². The van der Waals surface area contributed by atoms with Crippen molar-refractivity contribution in [3.05, 3.63) is 29.8 Å². The van der Waals surface area contributed by atoms with Crippen molar-refractivity contribution in [1.82, 2.24) is 16.0 Å². The third-order valence-electron chi connectivity index (χ3n) is 3.63. The molecule has 1 aromatic carbocycles. The summed E-state index contributed by atoms with van der Waals surface area (Å²) in [7, 11) is 0. The Bertz CT molecular complexity index is 458. The van der Waals surface area contributed by atoms with Crippen LogP contribution >= 0.6 is 0 Å². The Labute approximate surface area is 112 Å². The Morgan fingerprint density at radius 2 is 2.21 bits per heavy atom. The van der Waals surface area contributed by atoms with E-state index in [-0.39, 0.29) is 18.0 Å². The highest BCUT2D eigenvalue weighted by Crippen LogP contribution is 2.31.